The van der Waals surface area contributed by atoms with Gasteiger partial charge in [-0.05, 0) is 48.9 Å². The first-order valence-corrected chi connectivity index (χ1v) is 10.0. The van der Waals surface area contributed by atoms with Crippen LogP contribution in [0.4, 0.5) is 9.18 Å². The van der Waals surface area contributed by atoms with Gasteiger partial charge in [0.25, 0.3) is 0 Å². The summed E-state index contributed by atoms with van der Waals surface area (Å²) in [5.41, 5.74) is 1.53. The van der Waals surface area contributed by atoms with Gasteiger partial charge in [-0.3, -0.25) is 0 Å². The summed E-state index contributed by atoms with van der Waals surface area (Å²) in [6.45, 7) is 1.94. The molecule has 1 atom stereocenters. The van der Waals surface area contributed by atoms with Crippen LogP contribution in [0, 0.1) is 5.82 Å². The van der Waals surface area contributed by atoms with E-state index in [4.69, 9.17) is 9.47 Å². The summed E-state index contributed by atoms with van der Waals surface area (Å²) in [5.74, 6) is 0.161. The summed E-state index contributed by atoms with van der Waals surface area (Å²) < 4.78 is 23.5. The Kier molecular flexibility index (Phi) is 6.77. The highest BCUT2D eigenvalue weighted by molar-refractivity contribution is 7.99. The maximum absolute atomic E-state index is 13.1. The number of esters is 1. The van der Waals surface area contributed by atoms with Crippen molar-refractivity contribution in [2.24, 2.45) is 0 Å². The van der Waals surface area contributed by atoms with E-state index in [0.29, 0.717) is 22.8 Å². The van der Waals surface area contributed by atoms with Crippen molar-refractivity contribution in [1.82, 2.24) is 10.6 Å². The summed E-state index contributed by atoms with van der Waals surface area (Å²) in [7, 11) is 1.57. The lowest BCUT2D eigenvalue weighted by Gasteiger charge is -2.29. The molecule has 2 amide bonds. The molecular weight excluding hydrogens is 395 g/mol. The van der Waals surface area contributed by atoms with E-state index in [9.17, 15) is 14.0 Å². The smallest absolute Gasteiger partial charge is 0.338 e. The highest BCUT2D eigenvalue weighted by Gasteiger charge is 2.33. The number of rotatable bonds is 7. The van der Waals surface area contributed by atoms with Crippen LogP contribution in [0.15, 0.2) is 64.7 Å². The van der Waals surface area contributed by atoms with E-state index in [1.165, 1.54) is 23.9 Å². The molecule has 2 aromatic carbocycles. The molecule has 8 heteroatoms. The standard InChI is InChI=1S/C21H21FN2O4S/c1-3-28-20(25)18-17(12-29-16-10-6-14(22)7-11-16)23-21(26)24-19(18)13-4-8-15(27-2)9-5-13/h4-11,19H,3,12H2,1-2H3,(H2,23,24,26). The van der Waals surface area contributed by atoms with Gasteiger partial charge in [-0.25, -0.2) is 14.0 Å². The van der Waals surface area contributed by atoms with Gasteiger partial charge < -0.3 is 20.1 Å². The maximum atomic E-state index is 13.1. The normalized spacial score (nSPS) is 16.1. The number of carbonyl (C=O) groups is 2. The Balaban J connectivity index is 1.94. The molecule has 0 saturated heterocycles. The Bertz CT molecular complexity index is 913. The zero-order chi connectivity index (χ0) is 20.8. The summed E-state index contributed by atoms with van der Waals surface area (Å²) in [4.78, 5) is 25.8. The maximum Gasteiger partial charge on any atom is 0.338 e. The minimum absolute atomic E-state index is 0.212. The van der Waals surface area contributed by atoms with Crippen LogP contribution in [0.3, 0.4) is 0 Å². The van der Waals surface area contributed by atoms with E-state index < -0.39 is 18.0 Å². The third kappa shape index (κ3) is 5.08. The minimum Gasteiger partial charge on any atom is -0.497 e. The SMILES string of the molecule is CCOC(=O)C1=C(CSc2ccc(F)cc2)NC(=O)NC1c1ccc(OC)cc1. The van der Waals surface area contributed by atoms with Crippen molar-refractivity contribution in [1.29, 1.82) is 0 Å². The molecule has 1 heterocycles. The van der Waals surface area contributed by atoms with Crippen LogP contribution in [0.5, 0.6) is 5.75 Å². The van der Waals surface area contributed by atoms with E-state index in [-0.39, 0.29) is 12.4 Å². The van der Waals surface area contributed by atoms with Gasteiger partial charge in [-0.2, -0.15) is 0 Å². The lowest BCUT2D eigenvalue weighted by Crippen LogP contribution is -2.46. The molecule has 0 aromatic heterocycles. The fourth-order valence-electron chi connectivity index (χ4n) is 2.91. The van der Waals surface area contributed by atoms with Gasteiger partial charge in [0.2, 0.25) is 0 Å². The van der Waals surface area contributed by atoms with Crippen LogP contribution in [-0.2, 0) is 9.53 Å². The highest BCUT2D eigenvalue weighted by Crippen LogP contribution is 2.31. The molecule has 0 aliphatic carbocycles. The number of halogens is 1. The van der Waals surface area contributed by atoms with Crippen molar-refractivity contribution in [2.75, 3.05) is 19.5 Å². The highest BCUT2D eigenvalue weighted by atomic mass is 32.2. The van der Waals surface area contributed by atoms with Crippen LogP contribution in [0.25, 0.3) is 0 Å². The molecule has 1 unspecified atom stereocenters. The predicted molar refractivity (Wildman–Crippen MR) is 108 cm³/mol. The third-order valence-electron chi connectivity index (χ3n) is 4.29. The lowest BCUT2D eigenvalue weighted by molar-refractivity contribution is -0.139. The summed E-state index contributed by atoms with van der Waals surface area (Å²) in [6.07, 6.45) is 0. The van der Waals surface area contributed by atoms with Gasteiger partial charge in [0.1, 0.15) is 11.6 Å². The lowest BCUT2D eigenvalue weighted by atomic mass is 9.95. The summed E-state index contributed by atoms with van der Waals surface area (Å²) in [5, 5.41) is 5.51. The van der Waals surface area contributed by atoms with Crippen LogP contribution in [0.2, 0.25) is 0 Å². The van der Waals surface area contributed by atoms with E-state index in [1.807, 2.05) is 0 Å². The predicted octanol–water partition coefficient (Wildman–Crippen LogP) is 3.80. The molecular formula is C21H21FN2O4S. The fourth-order valence-corrected chi connectivity index (χ4v) is 3.78. The van der Waals surface area contributed by atoms with Crippen LogP contribution in [-0.4, -0.2) is 31.5 Å². The first-order valence-electron chi connectivity index (χ1n) is 9.01. The molecule has 0 saturated carbocycles. The Morgan fingerprint density at radius 3 is 2.45 bits per heavy atom. The number of amides is 2. The first-order chi connectivity index (χ1) is 14.0. The first kappa shape index (κ1) is 20.7. The molecule has 0 radical (unpaired) electrons. The van der Waals surface area contributed by atoms with E-state index in [0.717, 1.165) is 10.5 Å². The van der Waals surface area contributed by atoms with Crippen molar-refractivity contribution >= 4 is 23.8 Å². The van der Waals surface area contributed by atoms with E-state index in [1.54, 1.807) is 50.4 Å². The molecule has 2 aromatic rings. The summed E-state index contributed by atoms with van der Waals surface area (Å²) in [6, 6.07) is 12.1. The van der Waals surface area contributed by atoms with Crippen molar-refractivity contribution in [2.45, 2.75) is 17.9 Å². The number of thioether (sulfide) groups is 1. The van der Waals surface area contributed by atoms with Crippen molar-refractivity contribution in [3.8, 4) is 5.75 Å². The van der Waals surface area contributed by atoms with Crippen molar-refractivity contribution < 1.29 is 23.5 Å². The van der Waals surface area contributed by atoms with Crippen molar-refractivity contribution in [3.63, 3.8) is 0 Å². The van der Waals surface area contributed by atoms with Crippen LogP contribution >= 0.6 is 11.8 Å². The number of benzene rings is 2. The van der Waals surface area contributed by atoms with Gasteiger partial charge in [-0.1, -0.05) is 12.1 Å². The monoisotopic (exact) mass is 416 g/mol. The van der Waals surface area contributed by atoms with Gasteiger partial charge in [-0.15, -0.1) is 11.8 Å². The second kappa shape index (κ2) is 9.47. The molecule has 152 valence electrons. The molecule has 3 rings (SSSR count). The number of carbonyl (C=O) groups excluding carboxylic acids is 2. The quantitative estimate of drug-likeness (QED) is 0.530. The Hall–Kier alpha value is -3.00. The average molecular weight is 416 g/mol. The largest absolute Gasteiger partial charge is 0.497 e. The van der Waals surface area contributed by atoms with E-state index >= 15 is 0 Å². The number of urea groups is 1. The number of nitrogens with one attached hydrogen (secondary N) is 2. The minimum atomic E-state index is -0.655. The van der Waals surface area contributed by atoms with Crippen LogP contribution < -0.4 is 15.4 Å². The van der Waals surface area contributed by atoms with Gasteiger partial charge >= 0.3 is 12.0 Å². The van der Waals surface area contributed by atoms with Crippen molar-refractivity contribution in [3.05, 3.63) is 71.2 Å². The Morgan fingerprint density at radius 2 is 1.83 bits per heavy atom. The molecule has 0 bridgehead atoms. The Labute approximate surface area is 172 Å². The molecule has 29 heavy (non-hydrogen) atoms. The molecule has 0 spiro atoms. The fraction of sp³-hybridized carbons (Fsp3) is 0.238. The number of methoxy groups -OCH3 is 1. The van der Waals surface area contributed by atoms with Crippen LogP contribution in [0.1, 0.15) is 18.5 Å². The second-order valence-electron chi connectivity index (χ2n) is 6.16. The number of hydrogen-bond donors (Lipinski definition) is 2. The molecule has 1 aliphatic rings. The van der Waals surface area contributed by atoms with E-state index in [2.05, 4.69) is 10.6 Å². The summed E-state index contributed by atoms with van der Waals surface area (Å²) >= 11 is 1.39. The third-order valence-corrected chi connectivity index (χ3v) is 5.33. The number of hydrogen-bond acceptors (Lipinski definition) is 5. The zero-order valence-electron chi connectivity index (χ0n) is 16.0. The van der Waals surface area contributed by atoms with Gasteiger partial charge in [0.05, 0.1) is 25.3 Å². The molecule has 1 aliphatic heterocycles. The average Bonchev–Trinajstić information content (AvgIpc) is 2.73. The zero-order valence-corrected chi connectivity index (χ0v) is 16.8. The Morgan fingerprint density at radius 1 is 1.14 bits per heavy atom. The molecule has 2 N–H and O–H groups in total. The molecule has 0 fully saturated rings. The second-order valence-corrected chi connectivity index (χ2v) is 7.21. The van der Waals surface area contributed by atoms with Gasteiger partial charge in [0.15, 0.2) is 0 Å². The number of ether oxygens (including phenoxy) is 2. The topological polar surface area (TPSA) is 76.7 Å². The van der Waals surface area contributed by atoms with Gasteiger partial charge in [0, 0.05) is 16.3 Å². The molecule has 6 nitrogen and oxygen atoms in total.